The van der Waals surface area contributed by atoms with E-state index in [1.807, 2.05) is 30.3 Å². The van der Waals surface area contributed by atoms with Crippen LogP contribution in [-0.4, -0.2) is 19.7 Å². The van der Waals surface area contributed by atoms with Crippen molar-refractivity contribution < 1.29 is 14.3 Å². The van der Waals surface area contributed by atoms with Crippen LogP contribution in [0.2, 0.25) is 0 Å². The molecule has 0 bridgehead atoms. The Kier molecular flexibility index (Phi) is 3.99. The molecule has 0 aliphatic rings. The molecule has 3 nitrogen and oxygen atoms in total. The minimum absolute atomic E-state index is 0.00678. The van der Waals surface area contributed by atoms with Crippen LogP contribution >= 0.6 is 0 Å². The number of esters is 1. The third-order valence-corrected chi connectivity index (χ3v) is 1.50. The van der Waals surface area contributed by atoms with Crippen molar-refractivity contribution in [3.8, 4) is 0 Å². The molecule has 0 saturated carbocycles. The predicted octanol–water partition coefficient (Wildman–Crippen LogP) is 1.38. The highest BCUT2D eigenvalue weighted by atomic mass is 16.6. The Bertz CT molecular complexity index is 256. The zero-order chi connectivity index (χ0) is 9.52. The van der Waals surface area contributed by atoms with Crippen LogP contribution in [0.3, 0.4) is 0 Å². The molecule has 0 fully saturated rings. The summed E-state index contributed by atoms with van der Waals surface area (Å²) in [5, 5.41) is 0. The van der Waals surface area contributed by atoms with E-state index >= 15 is 0 Å². The lowest BCUT2D eigenvalue weighted by atomic mass is 10.2. The first-order chi connectivity index (χ1) is 6.33. The molecule has 1 aromatic rings. The van der Waals surface area contributed by atoms with Crippen molar-refractivity contribution in [2.45, 2.75) is 6.61 Å². The van der Waals surface area contributed by atoms with Crippen molar-refractivity contribution in [1.82, 2.24) is 0 Å². The van der Waals surface area contributed by atoms with Gasteiger partial charge in [0.05, 0.1) is 0 Å². The molecule has 0 radical (unpaired) electrons. The fourth-order valence-electron chi connectivity index (χ4n) is 0.898. The van der Waals surface area contributed by atoms with Crippen LogP contribution in [0.1, 0.15) is 5.56 Å². The van der Waals surface area contributed by atoms with E-state index in [0.29, 0.717) is 6.61 Å². The Morgan fingerprint density at radius 1 is 1.31 bits per heavy atom. The maximum absolute atomic E-state index is 10.9. The van der Waals surface area contributed by atoms with E-state index in [2.05, 4.69) is 4.74 Å². The SMILES string of the molecule is COCC(=O)OCc1ccccc1. The zero-order valence-corrected chi connectivity index (χ0v) is 7.53. The first kappa shape index (κ1) is 9.74. The fourth-order valence-corrected chi connectivity index (χ4v) is 0.898. The van der Waals surface area contributed by atoms with Gasteiger partial charge in [0.2, 0.25) is 0 Å². The van der Waals surface area contributed by atoms with Crippen LogP contribution in [0, 0.1) is 0 Å². The number of hydrogen-bond donors (Lipinski definition) is 0. The summed E-state index contributed by atoms with van der Waals surface area (Å²) in [5.41, 5.74) is 0.979. The van der Waals surface area contributed by atoms with Crippen molar-refractivity contribution in [3.05, 3.63) is 35.9 Å². The van der Waals surface area contributed by atoms with E-state index in [1.165, 1.54) is 7.11 Å². The number of benzene rings is 1. The van der Waals surface area contributed by atoms with Gasteiger partial charge in [-0.15, -0.1) is 0 Å². The van der Waals surface area contributed by atoms with Gasteiger partial charge >= 0.3 is 5.97 Å². The summed E-state index contributed by atoms with van der Waals surface area (Å²) in [5.74, 6) is -0.341. The lowest BCUT2D eigenvalue weighted by Gasteiger charge is -2.03. The van der Waals surface area contributed by atoms with Crippen molar-refractivity contribution in [1.29, 1.82) is 0 Å². The highest BCUT2D eigenvalue weighted by Crippen LogP contribution is 2.00. The monoisotopic (exact) mass is 180 g/mol. The largest absolute Gasteiger partial charge is 0.459 e. The third-order valence-electron chi connectivity index (χ3n) is 1.50. The summed E-state index contributed by atoms with van der Waals surface area (Å²) in [7, 11) is 1.46. The summed E-state index contributed by atoms with van der Waals surface area (Å²) < 4.78 is 9.52. The Morgan fingerprint density at radius 2 is 2.00 bits per heavy atom. The molecule has 0 unspecified atom stereocenters. The normalized spacial score (nSPS) is 9.62. The number of ether oxygens (including phenoxy) is 2. The second-order valence-electron chi connectivity index (χ2n) is 2.58. The number of rotatable bonds is 4. The van der Waals surface area contributed by atoms with Gasteiger partial charge < -0.3 is 9.47 Å². The average Bonchev–Trinajstić information content (AvgIpc) is 2.17. The maximum Gasteiger partial charge on any atom is 0.332 e. The first-order valence-corrected chi connectivity index (χ1v) is 4.01. The summed E-state index contributed by atoms with van der Waals surface area (Å²) in [6, 6.07) is 9.53. The van der Waals surface area contributed by atoms with Gasteiger partial charge in [-0.25, -0.2) is 4.79 Å². The molecule has 0 heterocycles. The molecule has 3 heteroatoms. The van der Waals surface area contributed by atoms with Crippen molar-refractivity contribution in [2.75, 3.05) is 13.7 Å². The lowest BCUT2D eigenvalue weighted by molar-refractivity contribution is -0.149. The second-order valence-corrected chi connectivity index (χ2v) is 2.58. The molecule has 0 aliphatic heterocycles. The predicted molar refractivity (Wildman–Crippen MR) is 48.1 cm³/mol. The molecule has 0 N–H and O–H groups in total. The fraction of sp³-hybridized carbons (Fsp3) is 0.300. The van der Waals surface area contributed by atoms with E-state index in [4.69, 9.17) is 4.74 Å². The number of methoxy groups -OCH3 is 1. The van der Waals surface area contributed by atoms with Crippen molar-refractivity contribution >= 4 is 5.97 Å². The summed E-state index contributed by atoms with van der Waals surface area (Å²) in [6.07, 6.45) is 0. The smallest absolute Gasteiger partial charge is 0.332 e. The molecular weight excluding hydrogens is 168 g/mol. The van der Waals surface area contributed by atoms with Gasteiger partial charge in [0, 0.05) is 7.11 Å². The number of carbonyl (C=O) groups excluding carboxylic acids is 1. The van der Waals surface area contributed by atoms with Gasteiger partial charge in [-0.3, -0.25) is 0 Å². The van der Waals surface area contributed by atoms with E-state index < -0.39 is 0 Å². The van der Waals surface area contributed by atoms with Crippen LogP contribution in [0.15, 0.2) is 30.3 Å². The number of hydrogen-bond acceptors (Lipinski definition) is 3. The van der Waals surface area contributed by atoms with E-state index in [0.717, 1.165) is 5.56 Å². The summed E-state index contributed by atoms with van der Waals surface area (Å²) in [6.45, 7) is 0.315. The lowest BCUT2D eigenvalue weighted by Crippen LogP contribution is -2.10. The Hall–Kier alpha value is -1.35. The maximum atomic E-state index is 10.9. The van der Waals surface area contributed by atoms with Gasteiger partial charge in [-0.05, 0) is 5.56 Å². The molecule has 0 saturated heterocycles. The topological polar surface area (TPSA) is 35.5 Å². The van der Waals surface area contributed by atoms with Crippen LogP contribution < -0.4 is 0 Å². The van der Waals surface area contributed by atoms with Gasteiger partial charge in [-0.2, -0.15) is 0 Å². The summed E-state index contributed by atoms with van der Waals surface area (Å²) >= 11 is 0. The Labute approximate surface area is 77.3 Å². The van der Waals surface area contributed by atoms with Crippen LogP contribution in [0.25, 0.3) is 0 Å². The molecule has 0 aromatic heterocycles. The van der Waals surface area contributed by atoms with Gasteiger partial charge in [-0.1, -0.05) is 30.3 Å². The van der Waals surface area contributed by atoms with Crippen LogP contribution in [0.4, 0.5) is 0 Å². The van der Waals surface area contributed by atoms with Crippen molar-refractivity contribution in [3.63, 3.8) is 0 Å². The van der Waals surface area contributed by atoms with Gasteiger partial charge in [0.25, 0.3) is 0 Å². The molecule has 13 heavy (non-hydrogen) atoms. The molecule has 70 valence electrons. The van der Waals surface area contributed by atoms with Crippen LogP contribution in [0.5, 0.6) is 0 Å². The zero-order valence-electron chi connectivity index (χ0n) is 7.53. The quantitative estimate of drug-likeness (QED) is 0.656. The first-order valence-electron chi connectivity index (χ1n) is 4.01. The molecule has 0 amide bonds. The standard InChI is InChI=1S/C10H12O3/c1-12-8-10(11)13-7-9-5-3-2-4-6-9/h2-6H,7-8H2,1H3. The van der Waals surface area contributed by atoms with Crippen LogP contribution in [-0.2, 0) is 20.9 Å². The van der Waals surface area contributed by atoms with E-state index in [9.17, 15) is 4.79 Å². The highest BCUT2D eigenvalue weighted by molar-refractivity contribution is 5.70. The van der Waals surface area contributed by atoms with Gasteiger partial charge in [0.1, 0.15) is 13.2 Å². The molecular formula is C10H12O3. The van der Waals surface area contributed by atoms with E-state index in [1.54, 1.807) is 0 Å². The molecule has 0 aliphatic carbocycles. The Balaban J connectivity index is 2.31. The van der Waals surface area contributed by atoms with Crippen molar-refractivity contribution in [2.24, 2.45) is 0 Å². The van der Waals surface area contributed by atoms with E-state index in [-0.39, 0.29) is 12.6 Å². The minimum atomic E-state index is -0.341. The molecule has 1 aromatic carbocycles. The minimum Gasteiger partial charge on any atom is -0.459 e. The molecule has 0 spiro atoms. The second kappa shape index (κ2) is 5.32. The molecule has 1 rings (SSSR count). The Morgan fingerprint density at radius 3 is 2.62 bits per heavy atom. The van der Waals surface area contributed by atoms with Gasteiger partial charge in [0.15, 0.2) is 0 Å². The number of carbonyl (C=O) groups is 1. The average molecular weight is 180 g/mol. The molecule has 0 atom stereocenters. The third kappa shape index (κ3) is 3.71. The summed E-state index contributed by atoms with van der Waals surface area (Å²) in [4.78, 5) is 10.9. The highest BCUT2D eigenvalue weighted by Gasteiger charge is 2.00.